The van der Waals surface area contributed by atoms with Crippen molar-refractivity contribution < 1.29 is 31.5 Å². The highest BCUT2D eigenvalue weighted by molar-refractivity contribution is 5.94. The Morgan fingerprint density at radius 1 is 1.10 bits per heavy atom. The fourth-order valence-corrected chi connectivity index (χ4v) is 5.63. The molecule has 1 aliphatic carbocycles. The van der Waals surface area contributed by atoms with Gasteiger partial charge in [-0.3, -0.25) is 9.59 Å². The smallest absolute Gasteiger partial charge is 0.350 e. The molecule has 2 aliphatic rings. The number of piperidine rings is 1. The Morgan fingerprint density at radius 3 is 2.41 bits per heavy atom. The molecule has 2 aromatic rings. The van der Waals surface area contributed by atoms with Gasteiger partial charge in [0, 0.05) is 36.5 Å². The summed E-state index contributed by atoms with van der Waals surface area (Å²) >= 11 is 0. The molecule has 2 heterocycles. The third-order valence-electron chi connectivity index (χ3n) is 8.00. The van der Waals surface area contributed by atoms with Crippen molar-refractivity contribution in [2.45, 2.75) is 57.2 Å². The van der Waals surface area contributed by atoms with Gasteiger partial charge in [0.1, 0.15) is 0 Å². The molecule has 1 aromatic heterocycles. The van der Waals surface area contributed by atoms with Crippen LogP contribution in [0.1, 0.15) is 53.7 Å². The van der Waals surface area contributed by atoms with Crippen molar-refractivity contribution in [1.82, 2.24) is 25.1 Å². The molecule has 0 unspecified atom stereocenters. The average Bonchev–Trinajstić information content (AvgIpc) is 3.39. The van der Waals surface area contributed by atoms with Crippen LogP contribution in [0.2, 0.25) is 0 Å². The molecule has 41 heavy (non-hydrogen) atoms. The fourth-order valence-electron chi connectivity index (χ4n) is 5.63. The molecule has 0 bridgehead atoms. The highest BCUT2D eigenvalue weighted by atomic mass is 19.4. The van der Waals surface area contributed by atoms with Gasteiger partial charge in [-0.25, -0.2) is 18.7 Å². The lowest BCUT2D eigenvalue weighted by atomic mass is 9.89. The number of hydrogen-bond acceptors (Lipinski definition) is 6. The number of carbonyl (C=O) groups is 2. The molecule has 0 spiro atoms. The fraction of sp³-hybridized carbons (Fsp3) is 0.571. The largest absolute Gasteiger partial charge is 0.419 e. The summed E-state index contributed by atoms with van der Waals surface area (Å²) in [4.78, 5) is 37.4. The standard InChI is InChI=1S/C28H35F5N6O2/c1-38-12-10-20(11-13-38)39(2)26(41)17-6-8-19(9-7-17)36-27-35-15-22(28(31,32)33)23(37-27)14-18-4-3-5-21(18)25(40)34-16-24(29)30/h6-9,15,18,20-21,24H,3-5,10-14,16H2,1-2H3,(H,34,40)(H,35,36,37)/t18-,21-/m0/s1. The number of nitrogens with zero attached hydrogens (tertiary/aromatic N) is 4. The van der Waals surface area contributed by atoms with Crippen LogP contribution in [0.5, 0.6) is 0 Å². The van der Waals surface area contributed by atoms with Gasteiger partial charge in [-0.15, -0.1) is 0 Å². The number of aromatic nitrogens is 2. The maximum atomic E-state index is 13.8. The predicted molar refractivity (Wildman–Crippen MR) is 143 cm³/mol. The summed E-state index contributed by atoms with van der Waals surface area (Å²) in [6, 6.07) is 6.71. The number of anilines is 2. The molecule has 2 atom stereocenters. The SMILES string of the molecule is CN1CCC(N(C)C(=O)c2ccc(Nc3ncc(C(F)(F)F)c(C[C@@H]4CCC[C@@H]4C(=O)NCC(F)F)n3)cc2)CC1. The zero-order chi connectivity index (χ0) is 29.7. The second kappa shape index (κ2) is 13.1. The highest BCUT2D eigenvalue weighted by Crippen LogP contribution is 2.38. The van der Waals surface area contributed by atoms with E-state index in [1.54, 1.807) is 36.2 Å². The number of halogens is 5. The minimum atomic E-state index is -4.71. The van der Waals surface area contributed by atoms with E-state index in [4.69, 9.17) is 0 Å². The number of amides is 2. The number of benzene rings is 1. The van der Waals surface area contributed by atoms with Gasteiger partial charge in [-0.1, -0.05) is 6.42 Å². The van der Waals surface area contributed by atoms with Gasteiger partial charge >= 0.3 is 6.18 Å². The van der Waals surface area contributed by atoms with Gasteiger partial charge < -0.3 is 20.4 Å². The Kier molecular flexibility index (Phi) is 9.77. The van der Waals surface area contributed by atoms with Crippen LogP contribution in [0.4, 0.5) is 33.6 Å². The lowest BCUT2D eigenvalue weighted by Gasteiger charge is -2.35. The molecule has 1 aromatic carbocycles. The van der Waals surface area contributed by atoms with Gasteiger partial charge in [-0.2, -0.15) is 13.2 Å². The Bertz CT molecular complexity index is 1200. The van der Waals surface area contributed by atoms with E-state index in [1.165, 1.54) is 0 Å². The Balaban J connectivity index is 1.46. The number of rotatable bonds is 9. The first-order valence-corrected chi connectivity index (χ1v) is 13.7. The summed E-state index contributed by atoms with van der Waals surface area (Å²) in [6.45, 7) is 1.05. The van der Waals surface area contributed by atoms with E-state index in [1.807, 2.05) is 0 Å². The summed E-state index contributed by atoms with van der Waals surface area (Å²) in [7, 11) is 3.84. The van der Waals surface area contributed by atoms with Crippen molar-refractivity contribution in [3.63, 3.8) is 0 Å². The van der Waals surface area contributed by atoms with Crippen molar-refractivity contribution in [3.8, 4) is 0 Å². The van der Waals surface area contributed by atoms with Gasteiger partial charge in [-0.05, 0) is 82.4 Å². The van der Waals surface area contributed by atoms with Crippen LogP contribution in [0.25, 0.3) is 0 Å². The molecule has 2 fully saturated rings. The molecule has 4 rings (SSSR count). The van der Waals surface area contributed by atoms with E-state index < -0.39 is 42.5 Å². The van der Waals surface area contributed by atoms with E-state index in [0.29, 0.717) is 36.7 Å². The molecular formula is C28H35F5N6O2. The van der Waals surface area contributed by atoms with Crippen molar-refractivity contribution >= 4 is 23.5 Å². The summed E-state index contributed by atoms with van der Waals surface area (Å²) in [5.41, 5.74) is -0.289. The second-order valence-electron chi connectivity index (χ2n) is 10.8. The Morgan fingerprint density at radius 2 is 1.78 bits per heavy atom. The van der Waals surface area contributed by atoms with Gasteiger partial charge in [0.2, 0.25) is 11.9 Å². The van der Waals surface area contributed by atoms with E-state index in [9.17, 15) is 31.5 Å². The summed E-state index contributed by atoms with van der Waals surface area (Å²) in [6.07, 6.45) is -3.56. The molecule has 1 aliphatic heterocycles. The van der Waals surface area contributed by atoms with Crippen LogP contribution in [0, 0.1) is 11.8 Å². The first-order chi connectivity index (χ1) is 19.4. The van der Waals surface area contributed by atoms with Crippen molar-refractivity contribution in [3.05, 3.63) is 47.3 Å². The highest BCUT2D eigenvalue weighted by Gasteiger charge is 2.39. The number of alkyl halides is 5. The molecular weight excluding hydrogens is 547 g/mol. The van der Waals surface area contributed by atoms with E-state index in [2.05, 4.69) is 32.5 Å². The molecule has 224 valence electrons. The van der Waals surface area contributed by atoms with Gasteiger partial charge in [0.15, 0.2) is 0 Å². The Hall–Kier alpha value is -3.35. The maximum Gasteiger partial charge on any atom is 0.419 e. The molecule has 1 saturated carbocycles. The first kappa shape index (κ1) is 30.6. The van der Waals surface area contributed by atoms with E-state index in [-0.39, 0.29) is 30.0 Å². The Labute approximate surface area is 235 Å². The number of carbonyl (C=O) groups excluding carboxylic acids is 2. The first-order valence-electron chi connectivity index (χ1n) is 13.7. The van der Waals surface area contributed by atoms with Crippen molar-refractivity contribution in [2.75, 3.05) is 39.0 Å². The monoisotopic (exact) mass is 582 g/mol. The van der Waals surface area contributed by atoms with Crippen molar-refractivity contribution in [2.24, 2.45) is 11.8 Å². The lowest BCUT2D eigenvalue weighted by molar-refractivity contribution is -0.138. The van der Waals surface area contributed by atoms with Crippen molar-refractivity contribution in [1.29, 1.82) is 0 Å². The molecule has 0 radical (unpaired) electrons. The summed E-state index contributed by atoms with van der Waals surface area (Å²) in [5.74, 6) is -1.89. The van der Waals surface area contributed by atoms with Gasteiger partial charge in [0.05, 0.1) is 17.8 Å². The predicted octanol–water partition coefficient (Wildman–Crippen LogP) is 4.75. The van der Waals surface area contributed by atoms with Crippen LogP contribution < -0.4 is 10.6 Å². The maximum absolute atomic E-state index is 13.8. The van der Waals surface area contributed by atoms with Crippen LogP contribution in [0.15, 0.2) is 30.5 Å². The molecule has 8 nitrogen and oxygen atoms in total. The third kappa shape index (κ3) is 7.90. The van der Waals surface area contributed by atoms with Crippen LogP contribution in [-0.4, -0.2) is 77.8 Å². The van der Waals surface area contributed by atoms with Crippen LogP contribution >= 0.6 is 0 Å². The van der Waals surface area contributed by atoms with E-state index in [0.717, 1.165) is 25.9 Å². The van der Waals surface area contributed by atoms with Crippen LogP contribution in [0.3, 0.4) is 0 Å². The molecule has 13 heteroatoms. The number of likely N-dealkylation sites (tertiary alicyclic amines) is 1. The quantitative estimate of drug-likeness (QED) is 0.415. The molecule has 1 saturated heterocycles. The van der Waals surface area contributed by atoms with Crippen LogP contribution in [-0.2, 0) is 17.4 Å². The molecule has 2 amide bonds. The minimum Gasteiger partial charge on any atom is -0.350 e. The zero-order valence-corrected chi connectivity index (χ0v) is 23.1. The van der Waals surface area contributed by atoms with E-state index >= 15 is 0 Å². The summed E-state index contributed by atoms with van der Waals surface area (Å²) in [5, 5.41) is 5.08. The number of nitrogens with one attached hydrogen (secondary N) is 2. The topological polar surface area (TPSA) is 90.5 Å². The second-order valence-corrected chi connectivity index (χ2v) is 10.8. The zero-order valence-electron chi connectivity index (χ0n) is 23.1. The normalized spacial score (nSPS) is 20.3. The lowest BCUT2D eigenvalue weighted by Crippen LogP contribution is -2.44. The minimum absolute atomic E-state index is 0.0628. The molecule has 2 N–H and O–H groups in total. The van der Waals surface area contributed by atoms with Gasteiger partial charge in [0.25, 0.3) is 12.3 Å². The third-order valence-corrected chi connectivity index (χ3v) is 8.00. The summed E-state index contributed by atoms with van der Waals surface area (Å²) < 4.78 is 66.4. The average molecular weight is 583 g/mol. The number of hydrogen-bond donors (Lipinski definition) is 2.